The van der Waals surface area contributed by atoms with Gasteiger partial charge in [-0.1, -0.05) is 19.0 Å². The first-order valence-corrected chi connectivity index (χ1v) is 6.04. The highest BCUT2D eigenvalue weighted by Gasteiger charge is 2.27. The van der Waals surface area contributed by atoms with E-state index in [0.29, 0.717) is 18.0 Å². The maximum absolute atomic E-state index is 5.17. The summed E-state index contributed by atoms with van der Waals surface area (Å²) in [5.74, 6) is 1.63. The van der Waals surface area contributed by atoms with E-state index in [1.54, 1.807) is 6.20 Å². The standard InChI is InChI=1S/C12H21N3O/c1-9(2)12-8-15(10(3)6-13-12)7-11-4-5-14-16-11/h4-5,9-10,12-13H,6-8H2,1-3H3. The highest BCUT2D eigenvalue weighted by atomic mass is 16.5. The van der Waals surface area contributed by atoms with Gasteiger partial charge in [0.15, 0.2) is 5.76 Å². The van der Waals surface area contributed by atoms with Crippen molar-refractivity contribution >= 4 is 0 Å². The van der Waals surface area contributed by atoms with Gasteiger partial charge in [-0.2, -0.15) is 0 Å². The summed E-state index contributed by atoms with van der Waals surface area (Å²) in [6.45, 7) is 9.78. The Morgan fingerprint density at radius 3 is 3.06 bits per heavy atom. The van der Waals surface area contributed by atoms with Crippen molar-refractivity contribution in [1.82, 2.24) is 15.4 Å². The van der Waals surface area contributed by atoms with E-state index in [9.17, 15) is 0 Å². The molecule has 0 bridgehead atoms. The molecule has 2 rings (SSSR count). The molecule has 1 aliphatic heterocycles. The molecule has 2 unspecified atom stereocenters. The van der Waals surface area contributed by atoms with Crippen LogP contribution in [-0.4, -0.2) is 35.2 Å². The number of nitrogens with one attached hydrogen (secondary N) is 1. The minimum Gasteiger partial charge on any atom is -0.360 e. The van der Waals surface area contributed by atoms with Crippen LogP contribution in [0.2, 0.25) is 0 Å². The maximum atomic E-state index is 5.17. The minimum atomic E-state index is 0.556. The lowest BCUT2D eigenvalue weighted by atomic mass is 10.00. The van der Waals surface area contributed by atoms with Crippen LogP contribution in [0.15, 0.2) is 16.8 Å². The molecule has 16 heavy (non-hydrogen) atoms. The topological polar surface area (TPSA) is 41.3 Å². The van der Waals surface area contributed by atoms with E-state index in [-0.39, 0.29) is 0 Å². The number of nitrogens with zero attached hydrogens (tertiary/aromatic N) is 2. The first kappa shape index (κ1) is 11.6. The van der Waals surface area contributed by atoms with Crippen LogP contribution in [0.1, 0.15) is 26.5 Å². The summed E-state index contributed by atoms with van der Waals surface area (Å²) >= 11 is 0. The molecule has 0 aromatic carbocycles. The molecule has 2 atom stereocenters. The van der Waals surface area contributed by atoms with Gasteiger partial charge in [-0.25, -0.2) is 0 Å². The fraction of sp³-hybridized carbons (Fsp3) is 0.750. The molecule has 1 aromatic rings. The predicted molar refractivity (Wildman–Crippen MR) is 63.0 cm³/mol. The molecule has 1 N–H and O–H groups in total. The van der Waals surface area contributed by atoms with Gasteiger partial charge < -0.3 is 9.84 Å². The van der Waals surface area contributed by atoms with Gasteiger partial charge in [-0.05, 0) is 12.8 Å². The summed E-state index contributed by atoms with van der Waals surface area (Å²) < 4.78 is 5.17. The van der Waals surface area contributed by atoms with Crippen molar-refractivity contribution in [3.63, 3.8) is 0 Å². The summed E-state index contributed by atoms with van der Waals surface area (Å²) in [6.07, 6.45) is 1.71. The van der Waals surface area contributed by atoms with E-state index in [0.717, 1.165) is 25.4 Å². The Morgan fingerprint density at radius 2 is 2.44 bits per heavy atom. The van der Waals surface area contributed by atoms with Crippen LogP contribution in [0.3, 0.4) is 0 Å². The Hall–Kier alpha value is -0.870. The Morgan fingerprint density at radius 1 is 1.62 bits per heavy atom. The van der Waals surface area contributed by atoms with Gasteiger partial charge in [-0.3, -0.25) is 4.90 Å². The van der Waals surface area contributed by atoms with Crippen molar-refractivity contribution in [3.8, 4) is 0 Å². The summed E-state index contributed by atoms with van der Waals surface area (Å²) in [4.78, 5) is 2.46. The van der Waals surface area contributed by atoms with Crippen molar-refractivity contribution < 1.29 is 4.52 Å². The SMILES string of the molecule is CC(C)C1CN(Cc2ccno2)C(C)CN1. The third-order valence-corrected chi connectivity index (χ3v) is 3.38. The van der Waals surface area contributed by atoms with Crippen LogP contribution >= 0.6 is 0 Å². The number of piperazine rings is 1. The Bertz CT molecular complexity index is 310. The van der Waals surface area contributed by atoms with Crippen LogP contribution in [0.25, 0.3) is 0 Å². The maximum Gasteiger partial charge on any atom is 0.150 e. The first-order chi connectivity index (χ1) is 7.66. The van der Waals surface area contributed by atoms with Gasteiger partial charge in [0.1, 0.15) is 0 Å². The minimum absolute atomic E-state index is 0.556. The second-order valence-corrected chi connectivity index (χ2v) is 5.02. The van der Waals surface area contributed by atoms with Crippen LogP contribution in [-0.2, 0) is 6.54 Å². The van der Waals surface area contributed by atoms with Gasteiger partial charge in [0, 0.05) is 31.2 Å². The van der Waals surface area contributed by atoms with E-state index >= 15 is 0 Å². The monoisotopic (exact) mass is 223 g/mol. The molecular formula is C12H21N3O. The zero-order valence-electron chi connectivity index (χ0n) is 10.3. The van der Waals surface area contributed by atoms with Crippen molar-refractivity contribution in [2.75, 3.05) is 13.1 Å². The molecule has 0 spiro atoms. The van der Waals surface area contributed by atoms with Crippen LogP contribution in [0, 0.1) is 5.92 Å². The summed E-state index contributed by atoms with van der Waals surface area (Å²) in [7, 11) is 0. The van der Waals surface area contributed by atoms with Crippen LogP contribution < -0.4 is 5.32 Å². The van der Waals surface area contributed by atoms with Crippen LogP contribution in [0.4, 0.5) is 0 Å². The van der Waals surface area contributed by atoms with Crippen molar-refractivity contribution in [2.24, 2.45) is 5.92 Å². The zero-order valence-corrected chi connectivity index (χ0v) is 10.3. The van der Waals surface area contributed by atoms with E-state index in [4.69, 9.17) is 4.52 Å². The molecule has 1 aromatic heterocycles. The Balaban J connectivity index is 1.96. The zero-order chi connectivity index (χ0) is 11.5. The fourth-order valence-electron chi connectivity index (χ4n) is 2.14. The molecule has 90 valence electrons. The molecule has 0 saturated carbocycles. The second kappa shape index (κ2) is 4.97. The molecule has 1 saturated heterocycles. The van der Waals surface area contributed by atoms with E-state index in [1.807, 2.05) is 6.07 Å². The normalized spacial score (nSPS) is 27.5. The molecule has 0 amide bonds. The predicted octanol–water partition coefficient (Wildman–Crippen LogP) is 1.49. The lowest BCUT2D eigenvalue weighted by molar-refractivity contribution is 0.105. The van der Waals surface area contributed by atoms with Gasteiger partial charge in [0.2, 0.25) is 0 Å². The average molecular weight is 223 g/mol. The molecule has 4 nitrogen and oxygen atoms in total. The van der Waals surface area contributed by atoms with E-state index < -0.39 is 0 Å². The van der Waals surface area contributed by atoms with Crippen molar-refractivity contribution in [1.29, 1.82) is 0 Å². The second-order valence-electron chi connectivity index (χ2n) is 5.02. The molecular weight excluding hydrogens is 202 g/mol. The molecule has 0 radical (unpaired) electrons. The molecule has 1 aliphatic rings. The van der Waals surface area contributed by atoms with Gasteiger partial charge in [0.05, 0.1) is 12.7 Å². The smallest absolute Gasteiger partial charge is 0.150 e. The number of aromatic nitrogens is 1. The molecule has 1 fully saturated rings. The highest BCUT2D eigenvalue weighted by molar-refractivity contribution is 4.95. The summed E-state index contributed by atoms with van der Waals surface area (Å²) in [6, 6.07) is 3.08. The van der Waals surface area contributed by atoms with Crippen molar-refractivity contribution in [3.05, 3.63) is 18.0 Å². The lowest BCUT2D eigenvalue weighted by Gasteiger charge is -2.39. The van der Waals surface area contributed by atoms with Crippen molar-refractivity contribution in [2.45, 2.75) is 39.4 Å². The quantitative estimate of drug-likeness (QED) is 0.843. The number of rotatable bonds is 3. The van der Waals surface area contributed by atoms with Gasteiger partial charge >= 0.3 is 0 Å². The van der Waals surface area contributed by atoms with E-state index in [2.05, 4.69) is 36.1 Å². The van der Waals surface area contributed by atoms with Crippen LogP contribution in [0.5, 0.6) is 0 Å². The van der Waals surface area contributed by atoms with Gasteiger partial charge in [-0.15, -0.1) is 0 Å². The molecule has 2 heterocycles. The molecule has 4 heteroatoms. The third kappa shape index (κ3) is 2.62. The fourth-order valence-corrected chi connectivity index (χ4v) is 2.14. The Labute approximate surface area is 97.0 Å². The highest BCUT2D eigenvalue weighted by Crippen LogP contribution is 2.15. The van der Waals surface area contributed by atoms with E-state index in [1.165, 1.54) is 0 Å². The number of hydrogen-bond donors (Lipinski definition) is 1. The molecule has 0 aliphatic carbocycles. The average Bonchev–Trinajstić information content (AvgIpc) is 2.73. The summed E-state index contributed by atoms with van der Waals surface area (Å²) in [5.41, 5.74) is 0. The largest absolute Gasteiger partial charge is 0.360 e. The van der Waals surface area contributed by atoms with Gasteiger partial charge in [0.25, 0.3) is 0 Å². The summed E-state index contributed by atoms with van der Waals surface area (Å²) in [5, 5.41) is 7.34. The first-order valence-electron chi connectivity index (χ1n) is 6.04. The lowest BCUT2D eigenvalue weighted by Crippen LogP contribution is -2.56. The third-order valence-electron chi connectivity index (χ3n) is 3.38. The Kier molecular flexibility index (Phi) is 3.61. The number of hydrogen-bond acceptors (Lipinski definition) is 4.